The largest absolute Gasteiger partial charge is 0.309 e. The molecule has 0 radical (unpaired) electrons. The van der Waals surface area contributed by atoms with Crippen LogP contribution in [0.5, 0.6) is 0 Å². The third-order valence-corrected chi connectivity index (χ3v) is 6.31. The van der Waals surface area contributed by atoms with Crippen LogP contribution in [0.15, 0.2) is 27.2 Å². The third kappa shape index (κ3) is 2.79. The van der Waals surface area contributed by atoms with Crippen molar-refractivity contribution >= 4 is 34.4 Å². The number of hydrogen-bond acceptors (Lipinski definition) is 5. The van der Waals surface area contributed by atoms with Gasteiger partial charge in [0.05, 0.1) is 9.22 Å². The van der Waals surface area contributed by atoms with Crippen LogP contribution in [0.1, 0.15) is 30.0 Å². The molecule has 2 aromatic rings. The van der Waals surface area contributed by atoms with E-state index in [1.165, 1.54) is 21.2 Å². The summed E-state index contributed by atoms with van der Waals surface area (Å²) in [5, 5.41) is 9.90. The monoisotopic (exact) mass is 296 g/mol. The molecule has 0 bridgehead atoms. The van der Waals surface area contributed by atoms with Gasteiger partial charge in [0.25, 0.3) is 0 Å². The molecule has 1 unspecified atom stereocenters. The van der Waals surface area contributed by atoms with E-state index < -0.39 is 0 Å². The predicted molar refractivity (Wildman–Crippen MR) is 80.8 cm³/mol. The molecule has 3 heterocycles. The number of thiophene rings is 1. The molecule has 5 heteroatoms. The lowest BCUT2D eigenvalue weighted by Gasteiger charge is -2.27. The Bertz CT molecular complexity index is 492. The number of thioether (sulfide) groups is 1. The number of fused-ring (bicyclic) bond motifs is 1. The van der Waals surface area contributed by atoms with Crippen molar-refractivity contribution in [3.8, 4) is 0 Å². The molecule has 0 fully saturated rings. The maximum Gasteiger partial charge on any atom is 0.0937 e. The average molecular weight is 296 g/mol. The lowest BCUT2D eigenvalue weighted by Crippen LogP contribution is -2.28. The third-order valence-electron chi connectivity index (χ3n) is 3.12. The van der Waals surface area contributed by atoms with Crippen LogP contribution >= 0.6 is 34.4 Å². The molecule has 1 aliphatic heterocycles. The average Bonchev–Trinajstić information content (AvgIpc) is 2.98. The maximum atomic E-state index is 4.32. The summed E-state index contributed by atoms with van der Waals surface area (Å²) < 4.78 is 1.50. The first kappa shape index (κ1) is 12.7. The second-order valence-electron chi connectivity index (χ2n) is 4.51. The van der Waals surface area contributed by atoms with Gasteiger partial charge in [0.15, 0.2) is 0 Å². The van der Waals surface area contributed by atoms with Crippen LogP contribution in [0.3, 0.4) is 0 Å². The molecule has 0 spiro atoms. The van der Waals surface area contributed by atoms with E-state index in [2.05, 4.69) is 28.7 Å². The van der Waals surface area contributed by atoms with Gasteiger partial charge in [-0.25, -0.2) is 4.98 Å². The van der Waals surface area contributed by atoms with Crippen LogP contribution in [-0.4, -0.2) is 16.8 Å². The molecule has 3 rings (SSSR count). The quantitative estimate of drug-likeness (QED) is 0.924. The SMILES string of the molecule is C[C@H]1CC(NCCc2nccs2)c2ccsc2S1. The molecule has 18 heavy (non-hydrogen) atoms. The maximum absolute atomic E-state index is 4.32. The van der Waals surface area contributed by atoms with E-state index in [9.17, 15) is 0 Å². The standard InChI is InChI=1S/C13H16N2S3/c1-9-8-11(10-3-6-17-13(10)18-9)14-4-2-12-15-5-7-16-12/h3,5-7,9,11,14H,2,4,8H2,1H3/t9-,11?/m0/s1. The molecular formula is C13H16N2S3. The molecule has 0 aromatic carbocycles. The van der Waals surface area contributed by atoms with Crippen molar-refractivity contribution in [2.45, 2.75) is 35.3 Å². The van der Waals surface area contributed by atoms with Crippen molar-refractivity contribution < 1.29 is 0 Å². The summed E-state index contributed by atoms with van der Waals surface area (Å²) in [5.41, 5.74) is 1.50. The van der Waals surface area contributed by atoms with Gasteiger partial charge in [-0.05, 0) is 23.4 Å². The normalized spacial score (nSPS) is 22.9. The Balaban J connectivity index is 1.60. The zero-order valence-corrected chi connectivity index (χ0v) is 12.7. The molecular weight excluding hydrogens is 280 g/mol. The van der Waals surface area contributed by atoms with Gasteiger partial charge in [0, 0.05) is 35.8 Å². The van der Waals surface area contributed by atoms with Crippen LogP contribution in [0.4, 0.5) is 0 Å². The fourth-order valence-corrected chi connectivity index (χ4v) is 5.46. The molecule has 2 atom stereocenters. The highest BCUT2D eigenvalue weighted by Crippen LogP contribution is 2.43. The summed E-state index contributed by atoms with van der Waals surface area (Å²) in [7, 11) is 0. The van der Waals surface area contributed by atoms with Crippen LogP contribution in [0.2, 0.25) is 0 Å². The minimum absolute atomic E-state index is 0.530. The lowest BCUT2D eigenvalue weighted by molar-refractivity contribution is 0.492. The van der Waals surface area contributed by atoms with Crippen molar-refractivity contribution in [1.29, 1.82) is 0 Å². The summed E-state index contributed by atoms with van der Waals surface area (Å²) in [6, 6.07) is 2.81. The highest BCUT2D eigenvalue weighted by molar-refractivity contribution is 8.01. The number of nitrogens with one attached hydrogen (secondary N) is 1. The summed E-state index contributed by atoms with van der Waals surface area (Å²) in [4.78, 5) is 4.32. The Kier molecular flexibility index (Phi) is 4.03. The molecule has 0 aliphatic carbocycles. The van der Waals surface area contributed by atoms with Gasteiger partial charge in [0.2, 0.25) is 0 Å². The second-order valence-corrected chi connectivity index (χ2v) is 8.11. The lowest BCUT2D eigenvalue weighted by atomic mass is 10.0. The molecule has 1 N–H and O–H groups in total. The van der Waals surface area contributed by atoms with Gasteiger partial charge in [-0.2, -0.15) is 0 Å². The summed E-state index contributed by atoms with van der Waals surface area (Å²) in [6.45, 7) is 3.34. The Morgan fingerprint density at radius 2 is 2.33 bits per heavy atom. The fourth-order valence-electron chi connectivity index (χ4n) is 2.27. The topological polar surface area (TPSA) is 24.9 Å². The summed E-state index contributed by atoms with van der Waals surface area (Å²) in [5.74, 6) is 0. The van der Waals surface area contributed by atoms with Gasteiger partial charge in [0.1, 0.15) is 0 Å². The van der Waals surface area contributed by atoms with E-state index in [4.69, 9.17) is 0 Å². The number of nitrogens with zero attached hydrogens (tertiary/aromatic N) is 1. The van der Waals surface area contributed by atoms with E-state index in [0.717, 1.165) is 13.0 Å². The second kappa shape index (κ2) is 5.74. The minimum Gasteiger partial charge on any atom is -0.309 e. The summed E-state index contributed by atoms with van der Waals surface area (Å²) in [6.07, 6.45) is 4.15. The molecule has 2 aromatic heterocycles. The van der Waals surface area contributed by atoms with Crippen molar-refractivity contribution in [2.24, 2.45) is 0 Å². The number of thiazole rings is 1. The molecule has 0 saturated heterocycles. The number of rotatable bonds is 4. The smallest absolute Gasteiger partial charge is 0.0937 e. The molecule has 2 nitrogen and oxygen atoms in total. The molecule has 96 valence electrons. The Labute approximate surface area is 120 Å². The van der Waals surface area contributed by atoms with E-state index in [1.54, 1.807) is 11.3 Å². The van der Waals surface area contributed by atoms with Gasteiger partial charge < -0.3 is 5.32 Å². The van der Waals surface area contributed by atoms with E-state index in [0.29, 0.717) is 11.3 Å². The zero-order valence-electron chi connectivity index (χ0n) is 10.3. The van der Waals surface area contributed by atoms with Gasteiger partial charge in [-0.1, -0.05) is 6.92 Å². The van der Waals surface area contributed by atoms with E-state index >= 15 is 0 Å². The summed E-state index contributed by atoms with van der Waals surface area (Å²) >= 11 is 5.64. The van der Waals surface area contributed by atoms with E-state index in [-0.39, 0.29) is 0 Å². The van der Waals surface area contributed by atoms with Gasteiger partial charge >= 0.3 is 0 Å². The fraction of sp³-hybridized carbons (Fsp3) is 0.462. The van der Waals surface area contributed by atoms with Crippen molar-refractivity contribution in [1.82, 2.24) is 10.3 Å². The van der Waals surface area contributed by atoms with Crippen LogP contribution in [0, 0.1) is 0 Å². The Morgan fingerprint density at radius 1 is 1.39 bits per heavy atom. The molecule has 1 aliphatic rings. The number of hydrogen-bond donors (Lipinski definition) is 1. The molecule has 0 saturated carbocycles. The van der Waals surface area contributed by atoms with Crippen molar-refractivity contribution in [3.63, 3.8) is 0 Å². The molecule has 0 amide bonds. The Morgan fingerprint density at radius 3 is 3.17 bits per heavy atom. The first-order valence-electron chi connectivity index (χ1n) is 6.18. The highest BCUT2D eigenvalue weighted by Gasteiger charge is 2.25. The predicted octanol–water partition coefficient (Wildman–Crippen LogP) is 3.96. The highest BCUT2D eigenvalue weighted by atomic mass is 32.2. The van der Waals surface area contributed by atoms with E-state index in [1.807, 2.05) is 34.7 Å². The minimum atomic E-state index is 0.530. The Hall–Kier alpha value is -0.360. The van der Waals surface area contributed by atoms with Crippen molar-refractivity contribution in [3.05, 3.63) is 33.6 Å². The first-order chi connectivity index (χ1) is 8.83. The van der Waals surface area contributed by atoms with Crippen LogP contribution < -0.4 is 5.32 Å². The van der Waals surface area contributed by atoms with Crippen LogP contribution in [0.25, 0.3) is 0 Å². The van der Waals surface area contributed by atoms with Gasteiger partial charge in [-0.3, -0.25) is 0 Å². The zero-order chi connectivity index (χ0) is 12.4. The van der Waals surface area contributed by atoms with Crippen LogP contribution in [-0.2, 0) is 6.42 Å². The number of aromatic nitrogens is 1. The van der Waals surface area contributed by atoms with Gasteiger partial charge in [-0.15, -0.1) is 34.4 Å². The van der Waals surface area contributed by atoms with Crippen molar-refractivity contribution in [2.75, 3.05) is 6.54 Å². The first-order valence-corrected chi connectivity index (χ1v) is 8.82.